The predicted octanol–water partition coefficient (Wildman–Crippen LogP) is 2.59. The van der Waals surface area contributed by atoms with Gasteiger partial charge in [0.1, 0.15) is 17.3 Å². The van der Waals surface area contributed by atoms with Crippen LogP contribution < -0.4 is 9.88 Å². The summed E-state index contributed by atoms with van der Waals surface area (Å²) >= 11 is 11.9. The molecule has 112 valence electrons. The Kier molecular flexibility index (Phi) is 4.81. The van der Waals surface area contributed by atoms with Crippen LogP contribution in [0.1, 0.15) is 19.8 Å². The lowest BCUT2D eigenvalue weighted by Gasteiger charge is -2.14. The van der Waals surface area contributed by atoms with E-state index in [0.717, 1.165) is 12.8 Å². The second kappa shape index (κ2) is 6.07. The molecule has 1 aliphatic rings. The van der Waals surface area contributed by atoms with Gasteiger partial charge in [-0.25, -0.2) is 13.6 Å². The molecule has 5 nitrogen and oxygen atoms in total. The second-order valence-corrected chi connectivity index (χ2v) is 7.06. The van der Waals surface area contributed by atoms with Gasteiger partial charge < -0.3 is 9.47 Å². The zero-order valence-corrected chi connectivity index (χ0v) is 13.1. The number of primary sulfonamides is 1. The number of hydrogen-bond donors (Lipinski definition) is 1. The smallest absolute Gasteiger partial charge is 0.239 e. The van der Waals surface area contributed by atoms with Crippen LogP contribution in [-0.2, 0) is 14.8 Å². The van der Waals surface area contributed by atoms with E-state index in [1.807, 2.05) is 6.92 Å². The van der Waals surface area contributed by atoms with Gasteiger partial charge >= 0.3 is 0 Å². The zero-order valence-electron chi connectivity index (χ0n) is 10.8. The first-order valence-electron chi connectivity index (χ1n) is 6.07. The molecule has 1 aromatic carbocycles. The lowest BCUT2D eigenvalue weighted by atomic mass is 10.2. The molecule has 0 saturated carbocycles. The van der Waals surface area contributed by atoms with Gasteiger partial charge in [-0.3, -0.25) is 0 Å². The van der Waals surface area contributed by atoms with Crippen LogP contribution in [0, 0.1) is 0 Å². The molecule has 1 saturated heterocycles. The van der Waals surface area contributed by atoms with E-state index in [2.05, 4.69) is 0 Å². The van der Waals surface area contributed by atoms with E-state index < -0.39 is 10.0 Å². The van der Waals surface area contributed by atoms with E-state index in [0.29, 0.717) is 12.4 Å². The molecule has 0 bridgehead atoms. The number of rotatable bonds is 4. The summed E-state index contributed by atoms with van der Waals surface area (Å²) < 4.78 is 33.7. The third-order valence-electron chi connectivity index (χ3n) is 3.04. The van der Waals surface area contributed by atoms with Crippen molar-refractivity contribution in [3.05, 3.63) is 22.2 Å². The Bertz CT molecular complexity index is 606. The van der Waals surface area contributed by atoms with Gasteiger partial charge in [-0.1, -0.05) is 23.2 Å². The molecule has 0 radical (unpaired) electrons. The van der Waals surface area contributed by atoms with E-state index in [-0.39, 0.29) is 27.1 Å². The first-order valence-corrected chi connectivity index (χ1v) is 8.37. The maximum atomic E-state index is 11.3. The molecule has 2 unspecified atom stereocenters. The lowest BCUT2D eigenvalue weighted by molar-refractivity contribution is 0.0265. The second-order valence-electron chi connectivity index (χ2n) is 4.72. The summed E-state index contributed by atoms with van der Waals surface area (Å²) in [7, 11) is -3.91. The monoisotopic (exact) mass is 339 g/mol. The number of sulfonamides is 1. The number of halogens is 2. The van der Waals surface area contributed by atoms with Gasteiger partial charge in [0.25, 0.3) is 0 Å². The van der Waals surface area contributed by atoms with E-state index in [4.69, 9.17) is 37.8 Å². The summed E-state index contributed by atoms with van der Waals surface area (Å²) in [5.74, 6) is 0.312. The summed E-state index contributed by atoms with van der Waals surface area (Å²) in [6, 6.07) is 2.54. The van der Waals surface area contributed by atoms with Crippen molar-refractivity contribution in [2.75, 3.05) is 6.61 Å². The largest absolute Gasteiger partial charge is 0.489 e. The molecule has 0 amide bonds. The van der Waals surface area contributed by atoms with Gasteiger partial charge in [0.2, 0.25) is 10.0 Å². The van der Waals surface area contributed by atoms with E-state index in [1.54, 1.807) is 0 Å². The molecule has 2 atom stereocenters. The topological polar surface area (TPSA) is 78.6 Å². The minimum Gasteiger partial charge on any atom is -0.489 e. The molecule has 8 heteroatoms. The molecule has 1 heterocycles. The summed E-state index contributed by atoms with van der Waals surface area (Å²) in [6.45, 7) is 2.35. The summed E-state index contributed by atoms with van der Waals surface area (Å²) in [6.07, 6.45) is 2.15. The lowest BCUT2D eigenvalue weighted by Crippen LogP contribution is -2.18. The summed E-state index contributed by atoms with van der Waals surface area (Å²) in [5.41, 5.74) is 0. The third kappa shape index (κ3) is 3.77. The number of ether oxygens (including phenoxy) is 2. The number of hydrogen-bond acceptors (Lipinski definition) is 4. The molecular formula is C12H15Cl2NO4S. The highest BCUT2D eigenvalue weighted by Crippen LogP contribution is 2.33. The van der Waals surface area contributed by atoms with Crippen molar-refractivity contribution >= 4 is 33.2 Å². The normalized spacial score (nSPS) is 23.0. The first-order chi connectivity index (χ1) is 9.27. The van der Waals surface area contributed by atoms with Crippen molar-refractivity contribution in [2.45, 2.75) is 36.9 Å². The van der Waals surface area contributed by atoms with Gasteiger partial charge in [0.15, 0.2) is 0 Å². The van der Waals surface area contributed by atoms with Crippen LogP contribution >= 0.6 is 23.2 Å². The Morgan fingerprint density at radius 2 is 2.05 bits per heavy atom. The molecule has 0 spiro atoms. The van der Waals surface area contributed by atoms with Crippen LogP contribution in [0.2, 0.25) is 10.0 Å². The Morgan fingerprint density at radius 1 is 1.35 bits per heavy atom. The number of benzene rings is 1. The fraction of sp³-hybridized carbons (Fsp3) is 0.500. The predicted molar refractivity (Wildman–Crippen MR) is 76.9 cm³/mol. The first kappa shape index (κ1) is 15.9. The fourth-order valence-corrected chi connectivity index (χ4v) is 3.40. The molecule has 2 rings (SSSR count). The van der Waals surface area contributed by atoms with Gasteiger partial charge in [0, 0.05) is 6.07 Å². The minimum atomic E-state index is -3.91. The van der Waals surface area contributed by atoms with Crippen LogP contribution in [0.5, 0.6) is 5.75 Å². The van der Waals surface area contributed by atoms with E-state index in [1.165, 1.54) is 12.1 Å². The van der Waals surface area contributed by atoms with Crippen LogP contribution in [-0.4, -0.2) is 27.2 Å². The van der Waals surface area contributed by atoms with Crippen molar-refractivity contribution < 1.29 is 17.9 Å². The van der Waals surface area contributed by atoms with Gasteiger partial charge in [0.05, 0.1) is 22.3 Å². The van der Waals surface area contributed by atoms with Crippen LogP contribution in [0.4, 0.5) is 0 Å². The van der Waals surface area contributed by atoms with Crippen LogP contribution in [0.25, 0.3) is 0 Å². The average molecular weight is 340 g/mol. The summed E-state index contributed by atoms with van der Waals surface area (Å²) in [4.78, 5) is -0.220. The van der Waals surface area contributed by atoms with Crippen LogP contribution in [0.3, 0.4) is 0 Å². The van der Waals surface area contributed by atoms with E-state index in [9.17, 15) is 8.42 Å². The Labute approximate surface area is 128 Å². The Hall–Kier alpha value is -0.530. The van der Waals surface area contributed by atoms with Crippen LogP contribution in [0.15, 0.2) is 17.0 Å². The molecule has 1 aromatic rings. The maximum absolute atomic E-state index is 11.3. The molecule has 2 N–H and O–H groups in total. The minimum absolute atomic E-state index is 0.0118. The number of nitrogens with two attached hydrogens (primary N) is 1. The van der Waals surface area contributed by atoms with Crippen molar-refractivity contribution in [1.82, 2.24) is 0 Å². The third-order valence-corrected chi connectivity index (χ3v) is 4.71. The molecule has 20 heavy (non-hydrogen) atoms. The zero-order chi connectivity index (χ0) is 14.9. The highest BCUT2D eigenvalue weighted by Gasteiger charge is 2.23. The standard InChI is InChI=1S/C12H15Cl2NO4S/c1-7-2-3-8(19-7)6-18-11-4-10(14)12(5-9(11)13)20(15,16)17/h4-5,7-8H,2-3,6H2,1H3,(H2,15,16,17). The van der Waals surface area contributed by atoms with Crippen molar-refractivity contribution in [2.24, 2.45) is 5.14 Å². The van der Waals surface area contributed by atoms with Gasteiger partial charge in [-0.2, -0.15) is 0 Å². The molecular weight excluding hydrogens is 325 g/mol. The molecule has 1 aliphatic heterocycles. The maximum Gasteiger partial charge on any atom is 0.239 e. The Morgan fingerprint density at radius 3 is 2.60 bits per heavy atom. The Balaban J connectivity index is 2.11. The summed E-state index contributed by atoms with van der Waals surface area (Å²) in [5, 5.41) is 5.16. The highest BCUT2D eigenvalue weighted by atomic mass is 35.5. The van der Waals surface area contributed by atoms with Gasteiger partial charge in [-0.05, 0) is 25.8 Å². The average Bonchev–Trinajstić information content (AvgIpc) is 2.74. The fourth-order valence-electron chi connectivity index (χ4n) is 2.03. The van der Waals surface area contributed by atoms with Crippen molar-refractivity contribution in [3.8, 4) is 5.75 Å². The highest BCUT2D eigenvalue weighted by molar-refractivity contribution is 7.89. The quantitative estimate of drug-likeness (QED) is 0.914. The van der Waals surface area contributed by atoms with Crippen molar-refractivity contribution in [1.29, 1.82) is 0 Å². The molecule has 1 fully saturated rings. The molecule has 0 aromatic heterocycles. The van der Waals surface area contributed by atoms with Gasteiger partial charge in [-0.15, -0.1) is 0 Å². The van der Waals surface area contributed by atoms with Crippen molar-refractivity contribution in [3.63, 3.8) is 0 Å². The molecule has 0 aliphatic carbocycles. The van der Waals surface area contributed by atoms with E-state index >= 15 is 0 Å². The SMILES string of the molecule is CC1CCC(COc2cc(Cl)c(S(N)(=O)=O)cc2Cl)O1.